The molecule has 0 radical (unpaired) electrons. The van der Waals surface area contributed by atoms with E-state index < -0.39 is 0 Å². The predicted octanol–water partition coefficient (Wildman–Crippen LogP) is 3.89. The molecule has 21 heavy (non-hydrogen) atoms. The molecule has 0 saturated carbocycles. The van der Waals surface area contributed by atoms with E-state index in [0.717, 1.165) is 16.8 Å². The Bertz CT molecular complexity index is 640. The average Bonchev–Trinajstić information content (AvgIpc) is 2.70. The van der Waals surface area contributed by atoms with Crippen LogP contribution in [0.3, 0.4) is 0 Å². The lowest BCUT2D eigenvalue weighted by atomic mass is 10.1. The third-order valence-electron chi connectivity index (χ3n) is 3.53. The minimum Gasteiger partial charge on any atom is -0.487 e. The Kier molecular flexibility index (Phi) is 5.14. The Morgan fingerprint density at radius 1 is 1.38 bits per heavy atom. The van der Waals surface area contributed by atoms with E-state index in [2.05, 4.69) is 17.3 Å². The maximum absolute atomic E-state index is 6.27. The van der Waals surface area contributed by atoms with Gasteiger partial charge in [-0.05, 0) is 38.6 Å². The molecule has 1 unspecified atom stereocenters. The number of halogens is 2. The molecule has 1 aromatic carbocycles. The van der Waals surface area contributed by atoms with Gasteiger partial charge in [0.05, 0.1) is 10.7 Å². The molecule has 1 N–H and O–H groups in total. The molecule has 0 fully saturated rings. The van der Waals surface area contributed by atoms with Crippen molar-refractivity contribution in [3.05, 3.63) is 45.2 Å². The first kappa shape index (κ1) is 16.1. The molecule has 1 aromatic heterocycles. The van der Waals surface area contributed by atoms with Crippen LogP contribution in [0.2, 0.25) is 10.2 Å². The lowest BCUT2D eigenvalue weighted by Crippen LogP contribution is -2.12. The van der Waals surface area contributed by atoms with Crippen molar-refractivity contribution in [1.82, 2.24) is 15.1 Å². The minimum atomic E-state index is 0.242. The Balaban J connectivity index is 2.13. The topological polar surface area (TPSA) is 39.1 Å². The van der Waals surface area contributed by atoms with Gasteiger partial charge in [-0.25, -0.2) is 0 Å². The first-order valence-corrected chi connectivity index (χ1v) is 7.47. The van der Waals surface area contributed by atoms with Crippen LogP contribution in [0.5, 0.6) is 5.75 Å². The first-order chi connectivity index (χ1) is 9.93. The van der Waals surface area contributed by atoms with Crippen molar-refractivity contribution in [3.63, 3.8) is 0 Å². The van der Waals surface area contributed by atoms with E-state index in [9.17, 15) is 0 Å². The second-order valence-corrected chi connectivity index (χ2v) is 5.73. The summed E-state index contributed by atoms with van der Waals surface area (Å²) in [6.07, 6.45) is 0. The zero-order valence-electron chi connectivity index (χ0n) is 12.6. The van der Waals surface area contributed by atoms with Gasteiger partial charge < -0.3 is 10.1 Å². The second kappa shape index (κ2) is 6.69. The van der Waals surface area contributed by atoms with E-state index in [4.69, 9.17) is 27.9 Å². The molecule has 4 nitrogen and oxygen atoms in total. The molecule has 0 aliphatic carbocycles. The quantitative estimate of drug-likeness (QED) is 0.905. The maximum Gasteiger partial charge on any atom is 0.138 e. The highest BCUT2D eigenvalue weighted by atomic mass is 35.5. The number of benzene rings is 1. The largest absolute Gasteiger partial charge is 0.487 e. The summed E-state index contributed by atoms with van der Waals surface area (Å²) in [6.45, 7) is 4.33. The lowest BCUT2D eigenvalue weighted by molar-refractivity contribution is 0.305. The van der Waals surface area contributed by atoms with Gasteiger partial charge in [-0.2, -0.15) is 5.10 Å². The second-order valence-electron chi connectivity index (χ2n) is 4.97. The number of ether oxygens (including phenoxy) is 1. The molecule has 1 heterocycles. The van der Waals surface area contributed by atoms with Crippen LogP contribution in [-0.2, 0) is 13.7 Å². The number of aryl methyl sites for hydroxylation is 2. The van der Waals surface area contributed by atoms with Crippen molar-refractivity contribution in [2.45, 2.75) is 26.5 Å². The molecule has 0 spiro atoms. The highest BCUT2D eigenvalue weighted by Crippen LogP contribution is 2.29. The van der Waals surface area contributed by atoms with E-state index in [-0.39, 0.29) is 6.04 Å². The normalized spacial score (nSPS) is 12.5. The van der Waals surface area contributed by atoms with Crippen LogP contribution >= 0.6 is 23.2 Å². The van der Waals surface area contributed by atoms with Gasteiger partial charge in [0.15, 0.2) is 0 Å². The van der Waals surface area contributed by atoms with E-state index in [1.807, 2.05) is 32.2 Å². The van der Waals surface area contributed by atoms with E-state index in [0.29, 0.717) is 22.5 Å². The molecule has 0 aliphatic heterocycles. The van der Waals surface area contributed by atoms with E-state index in [1.54, 1.807) is 11.7 Å². The summed E-state index contributed by atoms with van der Waals surface area (Å²) in [5.41, 5.74) is 2.85. The van der Waals surface area contributed by atoms with Gasteiger partial charge in [0.1, 0.15) is 17.5 Å². The first-order valence-electron chi connectivity index (χ1n) is 6.71. The van der Waals surface area contributed by atoms with Crippen LogP contribution in [0.1, 0.15) is 29.8 Å². The molecule has 2 aromatic rings. The van der Waals surface area contributed by atoms with Crippen LogP contribution in [0.25, 0.3) is 0 Å². The lowest BCUT2D eigenvalue weighted by Gasteiger charge is -2.13. The number of nitrogens with one attached hydrogen (secondary N) is 1. The maximum atomic E-state index is 6.27. The molecule has 0 bridgehead atoms. The number of aromatic nitrogens is 2. The number of hydrogen-bond acceptors (Lipinski definition) is 3. The number of hydrogen-bond donors (Lipinski definition) is 1. The molecule has 1 atom stereocenters. The molecule has 0 amide bonds. The van der Waals surface area contributed by atoms with Gasteiger partial charge in [0, 0.05) is 18.7 Å². The monoisotopic (exact) mass is 327 g/mol. The van der Waals surface area contributed by atoms with Crippen LogP contribution in [0, 0.1) is 6.92 Å². The Hall–Kier alpha value is -1.23. The van der Waals surface area contributed by atoms with Crippen molar-refractivity contribution in [3.8, 4) is 5.75 Å². The summed E-state index contributed by atoms with van der Waals surface area (Å²) in [5, 5.41) is 8.61. The summed E-state index contributed by atoms with van der Waals surface area (Å²) in [5.74, 6) is 0.642. The van der Waals surface area contributed by atoms with Gasteiger partial charge in [0.2, 0.25) is 0 Å². The van der Waals surface area contributed by atoms with Crippen LogP contribution in [-0.4, -0.2) is 16.8 Å². The van der Waals surface area contributed by atoms with E-state index >= 15 is 0 Å². The summed E-state index contributed by atoms with van der Waals surface area (Å²) in [7, 11) is 3.72. The molecule has 0 aliphatic rings. The highest BCUT2D eigenvalue weighted by Gasteiger charge is 2.13. The fourth-order valence-electron chi connectivity index (χ4n) is 2.06. The molecule has 2 rings (SSSR count). The van der Waals surface area contributed by atoms with Crippen molar-refractivity contribution < 1.29 is 4.74 Å². The summed E-state index contributed by atoms with van der Waals surface area (Å²) < 4.78 is 7.41. The predicted molar refractivity (Wildman–Crippen MR) is 86.2 cm³/mol. The van der Waals surface area contributed by atoms with E-state index in [1.165, 1.54) is 0 Å². The molecular formula is C15H19Cl2N3O. The fraction of sp³-hybridized carbons (Fsp3) is 0.400. The van der Waals surface area contributed by atoms with Gasteiger partial charge in [-0.15, -0.1) is 0 Å². The number of rotatable bonds is 5. The molecule has 6 heteroatoms. The van der Waals surface area contributed by atoms with Crippen LogP contribution in [0.4, 0.5) is 0 Å². The zero-order chi connectivity index (χ0) is 15.6. The van der Waals surface area contributed by atoms with Gasteiger partial charge in [-0.1, -0.05) is 29.3 Å². The average molecular weight is 328 g/mol. The van der Waals surface area contributed by atoms with Crippen LogP contribution < -0.4 is 10.1 Å². The van der Waals surface area contributed by atoms with Gasteiger partial charge in [0.25, 0.3) is 0 Å². The van der Waals surface area contributed by atoms with Crippen molar-refractivity contribution >= 4 is 23.2 Å². The Labute approximate surface area is 135 Å². The summed E-state index contributed by atoms with van der Waals surface area (Å²) >= 11 is 12.5. The van der Waals surface area contributed by atoms with Crippen molar-refractivity contribution in [2.24, 2.45) is 7.05 Å². The Morgan fingerprint density at radius 2 is 2.10 bits per heavy atom. The van der Waals surface area contributed by atoms with Crippen molar-refractivity contribution in [1.29, 1.82) is 0 Å². The molecular weight excluding hydrogens is 309 g/mol. The number of nitrogens with zero attached hydrogens (tertiary/aromatic N) is 2. The zero-order valence-corrected chi connectivity index (χ0v) is 14.1. The SMILES string of the molecule is CNC(C)c1ccc(OCc2c(C)nn(C)c2Cl)c(Cl)c1. The third-order valence-corrected chi connectivity index (χ3v) is 4.30. The summed E-state index contributed by atoms with van der Waals surface area (Å²) in [6, 6.07) is 6.03. The van der Waals surface area contributed by atoms with Crippen LogP contribution in [0.15, 0.2) is 18.2 Å². The molecule has 114 valence electrons. The standard InChI is InChI=1S/C15H19Cl2N3O/c1-9(18-3)11-5-6-14(13(16)7-11)21-8-12-10(2)19-20(4)15(12)17/h5-7,9,18H,8H2,1-4H3. The van der Waals surface area contributed by atoms with Crippen molar-refractivity contribution in [2.75, 3.05) is 7.05 Å². The highest BCUT2D eigenvalue weighted by molar-refractivity contribution is 6.32. The minimum absolute atomic E-state index is 0.242. The third kappa shape index (κ3) is 3.51. The fourth-order valence-corrected chi connectivity index (χ4v) is 2.53. The Morgan fingerprint density at radius 3 is 2.62 bits per heavy atom. The molecule has 0 saturated heterocycles. The van der Waals surface area contributed by atoms with Gasteiger partial charge >= 0.3 is 0 Å². The summed E-state index contributed by atoms with van der Waals surface area (Å²) in [4.78, 5) is 0. The van der Waals surface area contributed by atoms with Gasteiger partial charge in [-0.3, -0.25) is 4.68 Å². The smallest absolute Gasteiger partial charge is 0.138 e.